The third-order valence-corrected chi connectivity index (χ3v) is 5.76. The molecule has 2 atom stereocenters. The number of ether oxygens (including phenoxy) is 2. The zero-order valence-electron chi connectivity index (χ0n) is 15.4. The predicted molar refractivity (Wildman–Crippen MR) is 96.2 cm³/mol. The standard InChI is InChI=1S/C21H25NO4/c1-14(23)17-12-21(13-22,10-9-18(17)24)15-7-8-19(25-2)20(11-15)26-16-5-3-4-6-16/h7-8,11,16-17H,3-6,9-10,12H2,1-2H3. The first-order valence-electron chi connectivity index (χ1n) is 9.28. The fourth-order valence-corrected chi connectivity index (χ4v) is 4.13. The molecular formula is C21H25NO4. The summed E-state index contributed by atoms with van der Waals surface area (Å²) in [5.41, 5.74) is -0.0443. The quantitative estimate of drug-likeness (QED) is 0.752. The number of methoxy groups -OCH3 is 1. The molecule has 0 amide bonds. The second-order valence-corrected chi connectivity index (χ2v) is 7.42. The molecular weight excluding hydrogens is 330 g/mol. The van der Waals surface area contributed by atoms with Crippen LogP contribution in [0.3, 0.4) is 0 Å². The van der Waals surface area contributed by atoms with Gasteiger partial charge in [-0.05, 0) is 63.1 Å². The van der Waals surface area contributed by atoms with Gasteiger partial charge in [0.1, 0.15) is 11.6 Å². The molecule has 2 aliphatic rings. The average molecular weight is 355 g/mol. The summed E-state index contributed by atoms with van der Waals surface area (Å²) in [6.07, 6.45) is 5.48. The highest BCUT2D eigenvalue weighted by atomic mass is 16.5. The third kappa shape index (κ3) is 3.46. The van der Waals surface area contributed by atoms with Crippen molar-refractivity contribution in [3.63, 3.8) is 0 Å². The van der Waals surface area contributed by atoms with Crippen LogP contribution in [0.4, 0.5) is 0 Å². The molecule has 5 nitrogen and oxygen atoms in total. The van der Waals surface area contributed by atoms with Crippen molar-refractivity contribution in [2.24, 2.45) is 5.92 Å². The molecule has 2 fully saturated rings. The van der Waals surface area contributed by atoms with Crippen LogP contribution in [-0.2, 0) is 15.0 Å². The second kappa shape index (κ2) is 7.49. The number of nitriles is 1. The number of Topliss-reactive ketones (excluding diaryl/α,β-unsaturated/α-hetero) is 2. The molecule has 26 heavy (non-hydrogen) atoms. The summed E-state index contributed by atoms with van der Waals surface area (Å²) >= 11 is 0. The van der Waals surface area contributed by atoms with Gasteiger partial charge in [0.2, 0.25) is 0 Å². The lowest BCUT2D eigenvalue weighted by Gasteiger charge is -2.34. The summed E-state index contributed by atoms with van der Waals surface area (Å²) < 4.78 is 11.6. The highest BCUT2D eigenvalue weighted by molar-refractivity contribution is 6.02. The Hall–Kier alpha value is -2.35. The molecule has 1 aromatic rings. The zero-order chi connectivity index (χ0) is 18.7. The topological polar surface area (TPSA) is 76.4 Å². The molecule has 2 saturated carbocycles. The lowest BCUT2D eigenvalue weighted by Crippen LogP contribution is -2.39. The highest BCUT2D eigenvalue weighted by Crippen LogP contribution is 2.43. The van der Waals surface area contributed by atoms with E-state index in [1.807, 2.05) is 18.2 Å². The molecule has 0 bridgehead atoms. The van der Waals surface area contributed by atoms with Gasteiger partial charge in [0.05, 0.1) is 30.6 Å². The minimum atomic E-state index is -0.843. The van der Waals surface area contributed by atoms with Crippen LogP contribution in [0.1, 0.15) is 57.4 Å². The van der Waals surface area contributed by atoms with Gasteiger partial charge in [-0.1, -0.05) is 6.07 Å². The summed E-state index contributed by atoms with van der Waals surface area (Å²) in [6, 6.07) is 7.94. The molecule has 1 aromatic carbocycles. The summed E-state index contributed by atoms with van der Waals surface area (Å²) in [5.74, 6) is 0.376. The van der Waals surface area contributed by atoms with E-state index >= 15 is 0 Å². The van der Waals surface area contributed by atoms with Gasteiger partial charge in [-0.15, -0.1) is 0 Å². The lowest BCUT2D eigenvalue weighted by molar-refractivity contribution is -0.134. The fraction of sp³-hybridized carbons (Fsp3) is 0.571. The van der Waals surface area contributed by atoms with Gasteiger partial charge in [-0.3, -0.25) is 9.59 Å². The van der Waals surface area contributed by atoms with E-state index in [4.69, 9.17) is 9.47 Å². The van der Waals surface area contributed by atoms with Crippen molar-refractivity contribution in [2.45, 2.75) is 63.4 Å². The van der Waals surface area contributed by atoms with E-state index < -0.39 is 11.3 Å². The molecule has 0 aliphatic heterocycles. The zero-order valence-corrected chi connectivity index (χ0v) is 15.4. The predicted octanol–water partition coefficient (Wildman–Crippen LogP) is 3.74. The van der Waals surface area contributed by atoms with Crippen molar-refractivity contribution in [2.75, 3.05) is 7.11 Å². The maximum atomic E-state index is 12.1. The average Bonchev–Trinajstić information content (AvgIpc) is 3.15. The van der Waals surface area contributed by atoms with Crippen molar-refractivity contribution in [3.05, 3.63) is 23.8 Å². The molecule has 0 N–H and O–H groups in total. The SMILES string of the molecule is COc1ccc(C2(C#N)CCC(=O)C(C(C)=O)C2)cc1OC1CCCC1. The molecule has 2 unspecified atom stereocenters. The Kier molecular flexibility index (Phi) is 5.31. The van der Waals surface area contributed by atoms with E-state index in [1.165, 1.54) is 6.92 Å². The Bertz CT molecular complexity index is 745. The van der Waals surface area contributed by atoms with Crippen LogP contribution in [0.5, 0.6) is 11.5 Å². The van der Waals surface area contributed by atoms with Gasteiger partial charge in [0, 0.05) is 6.42 Å². The number of rotatable bonds is 5. The number of carbonyl (C=O) groups is 2. The Labute approximate surface area is 154 Å². The Morgan fingerprint density at radius 1 is 1.27 bits per heavy atom. The van der Waals surface area contributed by atoms with Crippen LogP contribution in [0.15, 0.2) is 18.2 Å². The van der Waals surface area contributed by atoms with E-state index in [-0.39, 0.29) is 30.5 Å². The van der Waals surface area contributed by atoms with Gasteiger partial charge >= 0.3 is 0 Å². The smallest absolute Gasteiger partial charge is 0.161 e. The Balaban J connectivity index is 1.94. The van der Waals surface area contributed by atoms with Gasteiger partial charge in [0.25, 0.3) is 0 Å². The fourth-order valence-electron chi connectivity index (χ4n) is 4.13. The minimum absolute atomic E-state index is 0.0562. The summed E-state index contributed by atoms with van der Waals surface area (Å²) in [6.45, 7) is 1.43. The molecule has 5 heteroatoms. The van der Waals surface area contributed by atoms with E-state index in [0.29, 0.717) is 17.9 Å². The van der Waals surface area contributed by atoms with Crippen LogP contribution in [-0.4, -0.2) is 24.8 Å². The molecule has 138 valence electrons. The largest absolute Gasteiger partial charge is 0.493 e. The van der Waals surface area contributed by atoms with Crippen LogP contribution < -0.4 is 9.47 Å². The maximum absolute atomic E-state index is 12.1. The van der Waals surface area contributed by atoms with E-state index in [2.05, 4.69) is 6.07 Å². The van der Waals surface area contributed by atoms with Gasteiger partial charge < -0.3 is 9.47 Å². The Morgan fingerprint density at radius 3 is 2.62 bits per heavy atom. The number of ketones is 2. The normalized spacial score (nSPS) is 26.3. The molecule has 0 radical (unpaired) electrons. The first-order valence-corrected chi connectivity index (χ1v) is 9.28. The monoisotopic (exact) mass is 355 g/mol. The molecule has 3 rings (SSSR count). The first-order chi connectivity index (χ1) is 12.5. The number of nitrogens with zero attached hydrogens (tertiary/aromatic N) is 1. The molecule has 0 heterocycles. The summed E-state index contributed by atoms with van der Waals surface area (Å²) in [5, 5.41) is 9.94. The number of carbonyl (C=O) groups excluding carboxylic acids is 2. The van der Waals surface area contributed by atoms with Crippen LogP contribution in [0.2, 0.25) is 0 Å². The van der Waals surface area contributed by atoms with Crippen molar-refractivity contribution in [1.29, 1.82) is 5.26 Å². The minimum Gasteiger partial charge on any atom is -0.493 e. The Morgan fingerprint density at radius 2 is 2.00 bits per heavy atom. The molecule has 2 aliphatic carbocycles. The summed E-state index contributed by atoms with van der Waals surface area (Å²) in [4.78, 5) is 24.0. The van der Waals surface area contributed by atoms with Crippen molar-refractivity contribution >= 4 is 11.6 Å². The van der Waals surface area contributed by atoms with E-state index in [1.54, 1.807) is 7.11 Å². The third-order valence-electron chi connectivity index (χ3n) is 5.76. The van der Waals surface area contributed by atoms with Crippen LogP contribution in [0.25, 0.3) is 0 Å². The number of hydrogen-bond acceptors (Lipinski definition) is 5. The van der Waals surface area contributed by atoms with E-state index in [0.717, 1.165) is 31.2 Å². The highest BCUT2D eigenvalue weighted by Gasteiger charge is 2.44. The number of hydrogen-bond donors (Lipinski definition) is 0. The van der Waals surface area contributed by atoms with Gasteiger partial charge in [0.15, 0.2) is 11.5 Å². The van der Waals surface area contributed by atoms with Crippen LogP contribution >= 0.6 is 0 Å². The lowest BCUT2D eigenvalue weighted by atomic mass is 9.65. The molecule has 0 spiro atoms. The van der Waals surface area contributed by atoms with Crippen molar-refractivity contribution in [1.82, 2.24) is 0 Å². The first kappa shape index (κ1) is 18.4. The van der Waals surface area contributed by atoms with Crippen molar-refractivity contribution in [3.8, 4) is 17.6 Å². The van der Waals surface area contributed by atoms with Crippen molar-refractivity contribution < 1.29 is 19.1 Å². The van der Waals surface area contributed by atoms with Gasteiger partial charge in [-0.25, -0.2) is 0 Å². The molecule has 0 saturated heterocycles. The second-order valence-electron chi connectivity index (χ2n) is 7.42. The number of benzene rings is 1. The van der Waals surface area contributed by atoms with E-state index in [9.17, 15) is 14.9 Å². The van der Waals surface area contributed by atoms with Gasteiger partial charge in [-0.2, -0.15) is 5.26 Å². The van der Waals surface area contributed by atoms with Crippen LogP contribution in [0, 0.1) is 17.2 Å². The molecule has 0 aromatic heterocycles. The maximum Gasteiger partial charge on any atom is 0.161 e. The summed E-state index contributed by atoms with van der Waals surface area (Å²) in [7, 11) is 1.60.